The van der Waals surface area contributed by atoms with Gasteiger partial charge < -0.3 is 14.8 Å². The molecule has 1 heterocycles. The highest BCUT2D eigenvalue weighted by molar-refractivity contribution is 5.95. The van der Waals surface area contributed by atoms with Crippen molar-refractivity contribution < 1.29 is 19.1 Å². The fourth-order valence-electron chi connectivity index (χ4n) is 1.03. The second-order valence-electron chi connectivity index (χ2n) is 3.01. The van der Waals surface area contributed by atoms with Gasteiger partial charge in [0.05, 0.1) is 0 Å². The van der Waals surface area contributed by atoms with Crippen molar-refractivity contribution in [1.82, 2.24) is 10.3 Å². The molecule has 0 saturated carbocycles. The first-order chi connectivity index (χ1) is 7.06. The predicted molar refractivity (Wildman–Crippen MR) is 50.4 cm³/mol. The molecule has 1 amide bonds. The predicted octanol–water partition coefficient (Wildman–Crippen LogP) is 0.440. The highest BCUT2D eigenvalue weighted by Crippen LogP contribution is 2.07. The van der Waals surface area contributed by atoms with Crippen molar-refractivity contribution in [1.29, 1.82) is 0 Å². The molecule has 1 atom stereocenters. The molecule has 1 aromatic rings. The molecule has 0 bridgehead atoms. The van der Waals surface area contributed by atoms with Crippen LogP contribution in [-0.4, -0.2) is 28.0 Å². The summed E-state index contributed by atoms with van der Waals surface area (Å²) in [5, 5.41) is 10.9. The van der Waals surface area contributed by atoms with Gasteiger partial charge in [0, 0.05) is 6.42 Å². The average Bonchev–Trinajstić information content (AvgIpc) is 2.64. The Balaban J connectivity index is 2.73. The molecule has 0 fully saturated rings. The number of aliphatic carboxylic acids is 1. The largest absolute Gasteiger partial charge is 0.480 e. The molecule has 1 rings (SSSR count). The van der Waals surface area contributed by atoms with Gasteiger partial charge in [0.2, 0.25) is 0 Å². The van der Waals surface area contributed by atoms with Crippen LogP contribution in [0, 0.1) is 0 Å². The van der Waals surface area contributed by atoms with Gasteiger partial charge in [0.15, 0.2) is 12.1 Å². The van der Waals surface area contributed by atoms with E-state index in [1.165, 1.54) is 13.3 Å². The Morgan fingerprint density at radius 2 is 2.33 bits per heavy atom. The van der Waals surface area contributed by atoms with Crippen molar-refractivity contribution in [2.45, 2.75) is 26.3 Å². The van der Waals surface area contributed by atoms with Crippen molar-refractivity contribution in [2.75, 3.05) is 0 Å². The Hall–Kier alpha value is -1.85. The van der Waals surface area contributed by atoms with Gasteiger partial charge in [0.25, 0.3) is 5.91 Å². The van der Waals surface area contributed by atoms with Gasteiger partial charge >= 0.3 is 5.97 Å². The van der Waals surface area contributed by atoms with Crippen LogP contribution in [0.3, 0.4) is 0 Å². The second kappa shape index (κ2) is 4.59. The summed E-state index contributed by atoms with van der Waals surface area (Å²) in [7, 11) is 0. The number of carbonyl (C=O) groups is 2. The SMILES string of the molecule is CCc1ocnc1C(=O)N[C@@H](C)C(=O)O. The molecule has 0 aliphatic carbocycles. The lowest BCUT2D eigenvalue weighted by Crippen LogP contribution is -2.38. The van der Waals surface area contributed by atoms with Crippen LogP contribution in [-0.2, 0) is 11.2 Å². The maximum absolute atomic E-state index is 11.5. The third-order valence-electron chi connectivity index (χ3n) is 1.90. The summed E-state index contributed by atoms with van der Waals surface area (Å²) in [5.74, 6) is -1.18. The molecule has 1 aromatic heterocycles. The van der Waals surface area contributed by atoms with E-state index < -0.39 is 17.9 Å². The van der Waals surface area contributed by atoms with Crippen LogP contribution in [0.25, 0.3) is 0 Å². The molecular weight excluding hydrogens is 200 g/mol. The molecule has 15 heavy (non-hydrogen) atoms. The third-order valence-corrected chi connectivity index (χ3v) is 1.90. The standard InChI is InChI=1S/C9H12N2O4/c1-3-6-7(10-4-15-6)8(12)11-5(2)9(13)14/h4-5H,3H2,1-2H3,(H,11,12)(H,13,14)/t5-/m0/s1. The van der Waals surface area contributed by atoms with Gasteiger partial charge in [-0.25, -0.2) is 4.98 Å². The number of aryl methyl sites for hydroxylation is 1. The van der Waals surface area contributed by atoms with E-state index in [1.54, 1.807) is 0 Å². The number of oxazole rings is 1. The topological polar surface area (TPSA) is 92.4 Å². The molecule has 0 spiro atoms. The Morgan fingerprint density at radius 3 is 2.87 bits per heavy atom. The monoisotopic (exact) mass is 212 g/mol. The minimum atomic E-state index is -1.09. The minimum Gasteiger partial charge on any atom is -0.480 e. The zero-order valence-corrected chi connectivity index (χ0v) is 8.48. The maximum atomic E-state index is 11.5. The van der Waals surface area contributed by atoms with E-state index in [0.29, 0.717) is 12.2 Å². The highest BCUT2D eigenvalue weighted by atomic mass is 16.4. The van der Waals surface area contributed by atoms with Crippen LogP contribution in [0.4, 0.5) is 0 Å². The normalized spacial score (nSPS) is 12.1. The zero-order chi connectivity index (χ0) is 11.4. The van der Waals surface area contributed by atoms with Crippen molar-refractivity contribution in [3.05, 3.63) is 17.8 Å². The number of carboxylic acids is 1. The number of amides is 1. The Morgan fingerprint density at radius 1 is 1.67 bits per heavy atom. The average molecular weight is 212 g/mol. The molecular formula is C9H12N2O4. The number of nitrogens with zero attached hydrogens (tertiary/aromatic N) is 1. The van der Waals surface area contributed by atoms with Gasteiger partial charge in [-0.05, 0) is 6.92 Å². The molecule has 0 unspecified atom stereocenters. The van der Waals surface area contributed by atoms with Crippen molar-refractivity contribution >= 4 is 11.9 Å². The quantitative estimate of drug-likeness (QED) is 0.755. The van der Waals surface area contributed by atoms with E-state index in [4.69, 9.17) is 9.52 Å². The Kier molecular flexibility index (Phi) is 3.43. The minimum absolute atomic E-state index is 0.144. The first-order valence-electron chi connectivity index (χ1n) is 4.52. The van der Waals surface area contributed by atoms with Gasteiger partial charge in [-0.15, -0.1) is 0 Å². The van der Waals surface area contributed by atoms with E-state index in [1.807, 2.05) is 6.92 Å². The number of carbonyl (C=O) groups excluding carboxylic acids is 1. The van der Waals surface area contributed by atoms with Crippen LogP contribution in [0.2, 0.25) is 0 Å². The van der Waals surface area contributed by atoms with Crippen LogP contribution < -0.4 is 5.32 Å². The number of hydrogen-bond acceptors (Lipinski definition) is 4. The lowest BCUT2D eigenvalue weighted by atomic mass is 10.2. The van der Waals surface area contributed by atoms with E-state index >= 15 is 0 Å². The molecule has 0 aliphatic rings. The lowest BCUT2D eigenvalue weighted by molar-refractivity contribution is -0.138. The van der Waals surface area contributed by atoms with Gasteiger partial charge in [-0.3, -0.25) is 9.59 Å². The molecule has 6 nitrogen and oxygen atoms in total. The summed E-state index contributed by atoms with van der Waals surface area (Å²) in [6, 6.07) is -0.945. The van der Waals surface area contributed by atoms with E-state index in [2.05, 4.69) is 10.3 Å². The summed E-state index contributed by atoms with van der Waals surface area (Å²) >= 11 is 0. The molecule has 0 aliphatic heterocycles. The van der Waals surface area contributed by atoms with Crippen LogP contribution in [0.1, 0.15) is 30.1 Å². The molecule has 2 N–H and O–H groups in total. The van der Waals surface area contributed by atoms with E-state index in [0.717, 1.165) is 0 Å². The summed E-state index contributed by atoms with van der Waals surface area (Å²) in [5.41, 5.74) is 0.144. The molecule has 0 saturated heterocycles. The van der Waals surface area contributed by atoms with Crippen LogP contribution in [0.5, 0.6) is 0 Å². The number of carboxylic acid groups (broad SMARTS) is 1. The smallest absolute Gasteiger partial charge is 0.325 e. The van der Waals surface area contributed by atoms with Gasteiger partial charge in [-0.2, -0.15) is 0 Å². The number of rotatable bonds is 4. The van der Waals surface area contributed by atoms with Crippen LogP contribution in [0.15, 0.2) is 10.8 Å². The lowest BCUT2D eigenvalue weighted by Gasteiger charge is -2.07. The summed E-state index contributed by atoms with van der Waals surface area (Å²) in [6.45, 7) is 3.20. The first-order valence-corrected chi connectivity index (χ1v) is 4.52. The fourth-order valence-corrected chi connectivity index (χ4v) is 1.03. The van der Waals surface area contributed by atoms with Gasteiger partial charge in [0.1, 0.15) is 11.8 Å². The Bertz CT molecular complexity index is 372. The molecule has 0 aromatic carbocycles. The number of nitrogens with one attached hydrogen (secondary N) is 1. The van der Waals surface area contributed by atoms with E-state index in [-0.39, 0.29) is 5.69 Å². The van der Waals surface area contributed by atoms with Crippen molar-refractivity contribution in [2.24, 2.45) is 0 Å². The summed E-state index contributed by atoms with van der Waals surface area (Å²) in [4.78, 5) is 25.7. The molecule has 6 heteroatoms. The molecule has 0 radical (unpaired) electrons. The maximum Gasteiger partial charge on any atom is 0.325 e. The third kappa shape index (κ3) is 2.55. The van der Waals surface area contributed by atoms with Crippen LogP contribution >= 0.6 is 0 Å². The number of aromatic nitrogens is 1. The van der Waals surface area contributed by atoms with E-state index in [9.17, 15) is 9.59 Å². The second-order valence-corrected chi connectivity index (χ2v) is 3.01. The van der Waals surface area contributed by atoms with Crippen molar-refractivity contribution in [3.8, 4) is 0 Å². The zero-order valence-electron chi connectivity index (χ0n) is 8.48. The highest BCUT2D eigenvalue weighted by Gasteiger charge is 2.19. The van der Waals surface area contributed by atoms with Gasteiger partial charge in [-0.1, -0.05) is 6.92 Å². The fraction of sp³-hybridized carbons (Fsp3) is 0.444. The van der Waals surface area contributed by atoms with Crippen molar-refractivity contribution in [3.63, 3.8) is 0 Å². The summed E-state index contributed by atoms with van der Waals surface area (Å²) in [6.07, 6.45) is 1.70. The molecule has 82 valence electrons. The Labute approximate surface area is 86.3 Å². The first kappa shape index (κ1) is 11.2. The summed E-state index contributed by atoms with van der Waals surface area (Å²) < 4.78 is 4.96. The number of hydrogen-bond donors (Lipinski definition) is 2.